The van der Waals surface area contributed by atoms with E-state index >= 15 is 0 Å². The van der Waals surface area contributed by atoms with Crippen molar-refractivity contribution in [3.05, 3.63) is 23.6 Å². The van der Waals surface area contributed by atoms with Gasteiger partial charge in [-0.1, -0.05) is 12.2 Å². The van der Waals surface area contributed by atoms with Gasteiger partial charge in [0.15, 0.2) is 0 Å². The lowest BCUT2D eigenvalue weighted by Crippen LogP contribution is -1.70. The van der Waals surface area contributed by atoms with Crippen LogP contribution in [0.25, 0.3) is 0 Å². The van der Waals surface area contributed by atoms with Gasteiger partial charge in [-0.25, -0.2) is 0 Å². The summed E-state index contributed by atoms with van der Waals surface area (Å²) in [6.45, 7) is 3.67. The van der Waals surface area contributed by atoms with Crippen LogP contribution in [0.1, 0.15) is 19.3 Å². The Morgan fingerprint density at radius 1 is 1.78 bits per heavy atom. The normalized spacial score (nSPS) is 17.6. The average Bonchev–Trinajstić information content (AvgIpc) is 2.34. The van der Waals surface area contributed by atoms with E-state index in [4.69, 9.17) is 0 Å². The molecule has 1 aliphatic carbocycles. The van der Waals surface area contributed by atoms with Crippen LogP contribution in [0, 0.1) is 0 Å². The molecule has 0 N–H and O–H groups in total. The molecule has 9 heavy (non-hydrogen) atoms. The Kier molecular flexibility index (Phi) is 2.92. The first-order valence-electron chi connectivity index (χ1n) is 3.36. The number of hydrogen-bond donors (Lipinski definition) is 0. The van der Waals surface area contributed by atoms with Gasteiger partial charge in [0, 0.05) is 5.75 Å². The molecule has 1 aliphatic rings. The van der Waals surface area contributed by atoms with Crippen molar-refractivity contribution in [2.45, 2.75) is 19.3 Å². The first-order chi connectivity index (χ1) is 4.43. The summed E-state index contributed by atoms with van der Waals surface area (Å²) in [6.07, 6.45) is 8.26. The first kappa shape index (κ1) is 6.94. The molecule has 50 valence electrons. The minimum Gasteiger partial charge on any atom is -0.127 e. The van der Waals surface area contributed by atoms with E-state index in [1.54, 1.807) is 4.91 Å². The van der Waals surface area contributed by atoms with Crippen molar-refractivity contribution in [3.63, 3.8) is 0 Å². The van der Waals surface area contributed by atoms with Crippen molar-refractivity contribution in [2.75, 3.05) is 5.75 Å². The summed E-state index contributed by atoms with van der Waals surface area (Å²) in [5, 5.41) is 0. The third-order valence-electron chi connectivity index (χ3n) is 1.39. The molecular weight excluding hydrogens is 128 g/mol. The highest BCUT2D eigenvalue weighted by atomic mass is 32.2. The lowest BCUT2D eigenvalue weighted by Gasteiger charge is -1.94. The molecule has 0 aromatic rings. The zero-order valence-electron chi connectivity index (χ0n) is 5.60. The largest absolute Gasteiger partial charge is 0.127 e. The average molecular weight is 140 g/mol. The van der Waals surface area contributed by atoms with Crippen LogP contribution < -0.4 is 0 Å². The van der Waals surface area contributed by atoms with Gasteiger partial charge in [-0.2, -0.15) is 0 Å². The zero-order valence-corrected chi connectivity index (χ0v) is 6.41. The van der Waals surface area contributed by atoms with Gasteiger partial charge in [-0.3, -0.25) is 0 Å². The van der Waals surface area contributed by atoms with Crippen LogP contribution in [-0.4, -0.2) is 5.75 Å². The van der Waals surface area contributed by atoms with E-state index in [0.717, 1.165) is 5.75 Å². The van der Waals surface area contributed by atoms with Crippen molar-refractivity contribution < 1.29 is 0 Å². The minimum atomic E-state index is 1.08. The van der Waals surface area contributed by atoms with Gasteiger partial charge in [-0.15, -0.1) is 18.3 Å². The van der Waals surface area contributed by atoms with Crippen LogP contribution in [0.3, 0.4) is 0 Å². The fourth-order valence-corrected chi connectivity index (χ4v) is 1.79. The summed E-state index contributed by atoms with van der Waals surface area (Å²) in [6, 6.07) is 0. The summed E-state index contributed by atoms with van der Waals surface area (Å²) >= 11 is 1.93. The number of hydrogen-bond acceptors (Lipinski definition) is 1. The molecule has 0 bridgehead atoms. The highest BCUT2D eigenvalue weighted by Gasteiger charge is 2.02. The summed E-state index contributed by atoms with van der Waals surface area (Å²) < 4.78 is 0. The van der Waals surface area contributed by atoms with E-state index in [-0.39, 0.29) is 0 Å². The molecule has 0 aromatic carbocycles. The maximum absolute atomic E-state index is 3.67. The van der Waals surface area contributed by atoms with Gasteiger partial charge in [-0.05, 0) is 24.2 Å². The summed E-state index contributed by atoms with van der Waals surface area (Å²) in [5.41, 5.74) is 0. The monoisotopic (exact) mass is 140 g/mol. The van der Waals surface area contributed by atoms with Gasteiger partial charge in [0.25, 0.3) is 0 Å². The molecule has 1 rings (SSSR count). The molecule has 0 saturated heterocycles. The molecule has 1 heteroatoms. The van der Waals surface area contributed by atoms with Crippen molar-refractivity contribution in [1.82, 2.24) is 0 Å². The second kappa shape index (κ2) is 3.78. The predicted molar refractivity (Wildman–Crippen MR) is 44.6 cm³/mol. The summed E-state index contributed by atoms with van der Waals surface area (Å²) in [5.74, 6) is 1.08. The van der Waals surface area contributed by atoms with Gasteiger partial charge in [0.05, 0.1) is 0 Å². The molecule has 0 saturated carbocycles. The van der Waals surface area contributed by atoms with Crippen molar-refractivity contribution >= 4 is 11.8 Å². The Balaban J connectivity index is 2.18. The molecular formula is C8H12S. The number of rotatable bonds is 3. The zero-order chi connectivity index (χ0) is 6.53. The Hall–Kier alpha value is -0.170. The Bertz CT molecular complexity index is 125. The number of allylic oxidation sites excluding steroid dienone is 2. The van der Waals surface area contributed by atoms with Crippen molar-refractivity contribution in [1.29, 1.82) is 0 Å². The van der Waals surface area contributed by atoms with Gasteiger partial charge >= 0.3 is 0 Å². The maximum atomic E-state index is 3.67. The molecule has 0 amide bonds. The van der Waals surface area contributed by atoms with Crippen LogP contribution in [-0.2, 0) is 0 Å². The fraction of sp³-hybridized carbons (Fsp3) is 0.500. The van der Waals surface area contributed by atoms with Crippen LogP contribution in [0.4, 0.5) is 0 Å². The van der Waals surface area contributed by atoms with E-state index in [1.165, 1.54) is 19.3 Å². The minimum absolute atomic E-state index is 1.08. The van der Waals surface area contributed by atoms with E-state index in [0.29, 0.717) is 0 Å². The van der Waals surface area contributed by atoms with Crippen LogP contribution >= 0.6 is 11.8 Å². The van der Waals surface area contributed by atoms with Crippen molar-refractivity contribution in [2.24, 2.45) is 0 Å². The molecule has 0 nitrogen and oxygen atoms in total. The van der Waals surface area contributed by atoms with E-state index in [2.05, 4.69) is 12.7 Å². The highest BCUT2D eigenvalue weighted by Crippen LogP contribution is 2.27. The Morgan fingerprint density at radius 2 is 2.67 bits per heavy atom. The third-order valence-corrected chi connectivity index (χ3v) is 2.53. The Labute approximate surface area is 61.0 Å². The standard InChI is InChI=1S/C8H12S/c1-2-7-9-8-5-3-4-6-8/h2,5H,1,3-4,6-7H2. The molecule has 0 heterocycles. The summed E-state index contributed by atoms with van der Waals surface area (Å²) in [7, 11) is 0. The van der Waals surface area contributed by atoms with Crippen LogP contribution in [0.5, 0.6) is 0 Å². The highest BCUT2D eigenvalue weighted by molar-refractivity contribution is 8.03. The molecule has 0 radical (unpaired) electrons. The van der Waals surface area contributed by atoms with Crippen molar-refractivity contribution in [3.8, 4) is 0 Å². The second-order valence-electron chi connectivity index (χ2n) is 2.16. The Morgan fingerprint density at radius 3 is 3.22 bits per heavy atom. The predicted octanol–water partition coefficient (Wildman–Crippen LogP) is 2.97. The van der Waals surface area contributed by atoms with Gasteiger partial charge in [0.2, 0.25) is 0 Å². The second-order valence-corrected chi connectivity index (χ2v) is 3.31. The first-order valence-corrected chi connectivity index (χ1v) is 4.35. The van der Waals surface area contributed by atoms with Crippen LogP contribution in [0.2, 0.25) is 0 Å². The number of thioether (sulfide) groups is 1. The van der Waals surface area contributed by atoms with Gasteiger partial charge < -0.3 is 0 Å². The molecule has 0 unspecified atom stereocenters. The lowest BCUT2D eigenvalue weighted by atomic mass is 10.4. The third kappa shape index (κ3) is 2.27. The smallest absolute Gasteiger partial charge is 0.0154 e. The topological polar surface area (TPSA) is 0 Å². The van der Waals surface area contributed by atoms with Gasteiger partial charge in [0.1, 0.15) is 0 Å². The molecule has 0 aliphatic heterocycles. The van der Waals surface area contributed by atoms with Crippen LogP contribution in [0.15, 0.2) is 23.6 Å². The fourth-order valence-electron chi connectivity index (χ4n) is 0.938. The lowest BCUT2D eigenvalue weighted by molar-refractivity contribution is 0.925. The van der Waals surface area contributed by atoms with E-state index in [1.807, 2.05) is 17.8 Å². The maximum Gasteiger partial charge on any atom is 0.0154 e. The van der Waals surface area contributed by atoms with E-state index < -0.39 is 0 Å². The molecule has 0 fully saturated rings. The molecule has 0 atom stereocenters. The summed E-state index contributed by atoms with van der Waals surface area (Å²) in [4.78, 5) is 1.56. The molecule has 0 aromatic heterocycles. The molecule has 0 spiro atoms. The van der Waals surface area contributed by atoms with E-state index in [9.17, 15) is 0 Å². The quantitative estimate of drug-likeness (QED) is 0.543. The SMILES string of the molecule is C=CCSC1=CCCC1.